The zero-order valence-corrected chi connectivity index (χ0v) is 33.9. The van der Waals surface area contributed by atoms with Crippen molar-refractivity contribution in [2.75, 3.05) is 0 Å². The summed E-state index contributed by atoms with van der Waals surface area (Å²) < 4.78 is 0. The molecule has 12 rings (SSSR count). The lowest BCUT2D eigenvalue weighted by molar-refractivity contribution is 0.660. The Morgan fingerprint density at radius 1 is 0.377 bits per heavy atom. The number of fused-ring (bicyclic) bond motifs is 3. The molecule has 61 heavy (non-hydrogen) atoms. The maximum atomic E-state index is 5.13. The predicted molar refractivity (Wildman–Crippen MR) is 254 cm³/mol. The van der Waals surface area contributed by atoms with Crippen LogP contribution < -0.4 is 0 Å². The summed E-state index contributed by atoms with van der Waals surface area (Å²) in [6.07, 6.45) is 3.80. The Bertz CT molecular complexity index is 3420. The van der Waals surface area contributed by atoms with Gasteiger partial charge in [-0.1, -0.05) is 178 Å². The molecule has 0 bridgehead atoms. The van der Waals surface area contributed by atoms with Crippen LogP contribution in [-0.2, 0) is 5.41 Å². The van der Waals surface area contributed by atoms with Crippen LogP contribution in [0.15, 0.2) is 200 Å². The molecule has 0 saturated carbocycles. The van der Waals surface area contributed by atoms with Crippen molar-refractivity contribution in [3.8, 4) is 78.4 Å². The zero-order chi connectivity index (χ0) is 40.7. The largest absolute Gasteiger partial charge is 0.264 e. The number of hydrogen-bond donors (Lipinski definition) is 0. The Balaban J connectivity index is 0.975. The molecule has 0 N–H and O–H groups in total. The number of benzene rings is 9. The zero-order valence-electron chi connectivity index (χ0n) is 33.9. The molecule has 2 heterocycles. The van der Waals surface area contributed by atoms with Gasteiger partial charge in [-0.15, -0.1) is 0 Å². The minimum absolute atomic E-state index is 0.200. The predicted octanol–water partition coefficient (Wildman–Crippen LogP) is 15.1. The molecule has 0 unspecified atom stereocenters. The van der Waals surface area contributed by atoms with Crippen molar-refractivity contribution in [3.05, 3.63) is 212 Å². The molecule has 9 aromatic carbocycles. The molecule has 0 saturated heterocycles. The molecule has 11 aromatic rings. The summed E-state index contributed by atoms with van der Waals surface area (Å²) in [7, 11) is 0. The highest BCUT2D eigenvalue weighted by molar-refractivity contribution is 6.28. The third-order valence-corrected chi connectivity index (χ3v) is 12.9. The van der Waals surface area contributed by atoms with E-state index in [2.05, 4.69) is 189 Å². The summed E-state index contributed by atoms with van der Waals surface area (Å²) in [4.78, 5) is 14.7. The maximum absolute atomic E-state index is 5.13. The molecular formula is C58H39N3. The van der Waals surface area contributed by atoms with Gasteiger partial charge in [-0.25, -0.2) is 9.97 Å². The van der Waals surface area contributed by atoms with Crippen molar-refractivity contribution < 1.29 is 0 Å². The minimum atomic E-state index is -0.200. The smallest absolute Gasteiger partial charge is 0.160 e. The maximum Gasteiger partial charge on any atom is 0.160 e. The lowest BCUT2D eigenvalue weighted by Gasteiger charge is -2.22. The van der Waals surface area contributed by atoms with E-state index in [4.69, 9.17) is 9.97 Å². The van der Waals surface area contributed by atoms with Crippen LogP contribution in [0.5, 0.6) is 0 Å². The summed E-state index contributed by atoms with van der Waals surface area (Å²) in [5, 5.41) is 7.68. The summed E-state index contributed by atoms with van der Waals surface area (Å²) in [5.74, 6) is 0.710. The lowest BCUT2D eigenvalue weighted by Crippen LogP contribution is -2.15. The molecule has 3 heteroatoms. The number of hydrogen-bond acceptors (Lipinski definition) is 3. The Labute approximate surface area is 355 Å². The summed E-state index contributed by atoms with van der Waals surface area (Å²) >= 11 is 0. The van der Waals surface area contributed by atoms with E-state index >= 15 is 0 Å². The first-order valence-corrected chi connectivity index (χ1v) is 21.0. The first-order valence-electron chi connectivity index (χ1n) is 21.0. The van der Waals surface area contributed by atoms with Crippen LogP contribution in [0.2, 0.25) is 0 Å². The highest BCUT2D eigenvalue weighted by Gasteiger charge is 2.37. The fraction of sp³-hybridized carbons (Fsp3) is 0.0517. The second-order valence-corrected chi connectivity index (χ2v) is 16.8. The van der Waals surface area contributed by atoms with Crippen LogP contribution in [0, 0.1) is 0 Å². The van der Waals surface area contributed by atoms with E-state index in [1.807, 2.05) is 30.6 Å². The van der Waals surface area contributed by atoms with Crippen molar-refractivity contribution >= 4 is 32.3 Å². The van der Waals surface area contributed by atoms with Crippen molar-refractivity contribution in [2.45, 2.75) is 19.3 Å². The second-order valence-electron chi connectivity index (χ2n) is 16.8. The number of nitrogens with zero attached hydrogens (tertiary/aromatic N) is 3. The van der Waals surface area contributed by atoms with Gasteiger partial charge >= 0.3 is 0 Å². The molecule has 0 aliphatic heterocycles. The number of rotatable bonds is 6. The van der Waals surface area contributed by atoms with Crippen LogP contribution in [0.25, 0.3) is 111 Å². The molecule has 0 atom stereocenters. The summed E-state index contributed by atoms with van der Waals surface area (Å²) in [6, 6.07) is 68.0. The number of aromatic nitrogens is 3. The van der Waals surface area contributed by atoms with Gasteiger partial charge in [0.1, 0.15) is 0 Å². The van der Waals surface area contributed by atoms with E-state index in [1.54, 1.807) is 0 Å². The van der Waals surface area contributed by atoms with Crippen LogP contribution in [0.3, 0.4) is 0 Å². The van der Waals surface area contributed by atoms with Crippen LogP contribution in [0.4, 0.5) is 0 Å². The van der Waals surface area contributed by atoms with Gasteiger partial charge in [0.15, 0.2) is 5.82 Å². The average molecular weight is 778 g/mol. The number of pyridine rings is 1. The Morgan fingerprint density at radius 3 is 1.64 bits per heavy atom. The molecule has 1 aliphatic rings. The normalized spacial score (nSPS) is 12.9. The molecule has 0 amide bonds. The van der Waals surface area contributed by atoms with Gasteiger partial charge in [-0.05, 0) is 107 Å². The van der Waals surface area contributed by atoms with Gasteiger partial charge < -0.3 is 0 Å². The minimum Gasteiger partial charge on any atom is -0.264 e. The Hall–Kier alpha value is -7.75. The molecular weight excluding hydrogens is 739 g/mol. The SMILES string of the molecule is CC1(C)c2cc(-c3cccc(-c4nc(-c5ccccc5)cc(-c5ccccc5)n4)c3)ccc2-c2c(-c3ccc4ccc5c(-c6cccnc6)ccc6ccc3c4c65)cccc21. The molecule has 1 aliphatic carbocycles. The summed E-state index contributed by atoms with van der Waals surface area (Å²) in [6.45, 7) is 4.75. The fourth-order valence-electron chi connectivity index (χ4n) is 9.93. The van der Waals surface area contributed by atoms with E-state index in [-0.39, 0.29) is 5.41 Å². The highest BCUT2D eigenvalue weighted by Crippen LogP contribution is 2.54. The molecule has 3 nitrogen and oxygen atoms in total. The van der Waals surface area contributed by atoms with E-state index in [0.717, 1.165) is 39.2 Å². The van der Waals surface area contributed by atoms with E-state index in [9.17, 15) is 0 Å². The Morgan fingerprint density at radius 2 is 0.951 bits per heavy atom. The molecule has 2 aromatic heterocycles. The van der Waals surface area contributed by atoms with Gasteiger partial charge in [-0.2, -0.15) is 0 Å². The monoisotopic (exact) mass is 777 g/mol. The third kappa shape index (κ3) is 5.62. The highest BCUT2D eigenvalue weighted by atomic mass is 14.9. The molecule has 0 fully saturated rings. The van der Waals surface area contributed by atoms with E-state index < -0.39 is 0 Å². The molecule has 0 spiro atoms. The first-order chi connectivity index (χ1) is 30.0. The quantitative estimate of drug-likeness (QED) is 0.158. The van der Waals surface area contributed by atoms with E-state index in [0.29, 0.717) is 5.82 Å². The van der Waals surface area contributed by atoms with Gasteiger partial charge in [0.2, 0.25) is 0 Å². The standard InChI is InChI=1S/C58H39N3/c1-58(2)50-20-10-19-46(45-27-22-39-23-28-47-44(43-18-11-31-59-35-43)26-21-38-24-29-48(45)55(39)54(38)47)56(50)49-30-25-41(33-51(49)58)40-16-9-17-42(32-40)57-60-52(36-12-5-3-6-13-36)34-53(61-57)37-14-7-4-8-15-37/h3-35H,1-2H3. The average Bonchev–Trinajstić information content (AvgIpc) is 3.56. The van der Waals surface area contributed by atoms with Crippen LogP contribution in [0.1, 0.15) is 25.0 Å². The topological polar surface area (TPSA) is 38.7 Å². The van der Waals surface area contributed by atoms with Gasteiger partial charge in [-0.3, -0.25) is 4.98 Å². The van der Waals surface area contributed by atoms with Crippen molar-refractivity contribution in [3.63, 3.8) is 0 Å². The van der Waals surface area contributed by atoms with Gasteiger partial charge in [0.05, 0.1) is 11.4 Å². The second kappa shape index (κ2) is 13.7. The first kappa shape index (κ1) is 35.2. The third-order valence-electron chi connectivity index (χ3n) is 12.9. The molecule has 0 radical (unpaired) electrons. The van der Waals surface area contributed by atoms with Crippen LogP contribution in [-0.4, -0.2) is 15.0 Å². The van der Waals surface area contributed by atoms with Crippen LogP contribution >= 0.6 is 0 Å². The van der Waals surface area contributed by atoms with Crippen molar-refractivity contribution in [2.24, 2.45) is 0 Å². The van der Waals surface area contributed by atoms with Crippen molar-refractivity contribution in [1.82, 2.24) is 15.0 Å². The lowest BCUT2D eigenvalue weighted by atomic mass is 9.81. The Kier molecular flexibility index (Phi) is 7.88. The van der Waals surface area contributed by atoms with Crippen molar-refractivity contribution in [1.29, 1.82) is 0 Å². The van der Waals surface area contributed by atoms with Gasteiger partial charge in [0.25, 0.3) is 0 Å². The summed E-state index contributed by atoms with van der Waals surface area (Å²) in [5.41, 5.74) is 17.2. The van der Waals surface area contributed by atoms with Gasteiger partial charge in [0, 0.05) is 40.1 Å². The molecule has 286 valence electrons. The van der Waals surface area contributed by atoms with E-state index in [1.165, 1.54) is 76.8 Å². The fourth-order valence-corrected chi connectivity index (χ4v) is 9.93.